The lowest BCUT2D eigenvalue weighted by molar-refractivity contribution is -0.137. The summed E-state index contributed by atoms with van der Waals surface area (Å²) >= 11 is 0. The summed E-state index contributed by atoms with van der Waals surface area (Å²) in [5, 5.41) is 0. The minimum absolute atomic E-state index is 0.313. The van der Waals surface area contributed by atoms with Gasteiger partial charge in [0.2, 0.25) is 5.88 Å². The number of nitrogens with two attached hydrogens (primary N) is 1. The number of aryl methyl sites for hydroxylation is 1. The normalized spacial score (nSPS) is 10.8. The largest absolute Gasteiger partial charge is 0.491 e. The molecule has 0 aliphatic carbocycles. The van der Waals surface area contributed by atoms with Crippen LogP contribution >= 0.6 is 0 Å². The maximum Gasteiger partial charge on any atom is 0.330 e. The van der Waals surface area contributed by atoms with Crippen molar-refractivity contribution in [3.05, 3.63) is 47.7 Å². The van der Waals surface area contributed by atoms with Gasteiger partial charge in [-0.05, 0) is 38.1 Å². The van der Waals surface area contributed by atoms with Crippen molar-refractivity contribution in [3.63, 3.8) is 0 Å². The van der Waals surface area contributed by atoms with E-state index in [1.54, 1.807) is 44.4 Å². The van der Waals surface area contributed by atoms with E-state index in [1.807, 2.05) is 6.92 Å². The van der Waals surface area contributed by atoms with Crippen LogP contribution in [0.2, 0.25) is 0 Å². The molecule has 2 aromatic rings. The summed E-state index contributed by atoms with van der Waals surface area (Å²) in [7, 11) is 1.61. The van der Waals surface area contributed by atoms with Gasteiger partial charge >= 0.3 is 5.97 Å². The molecule has 0 spiro atoms. The van der Waals surface area contributed by atoms with Crippen LogP contribution in [0.1, 0.15) is 18.1 Å². The third-order valence-corrected chi connectivity index (χ3v) is 3.48. The molecule has 1 aromatic heterocycles. The quantitative estimate of drug-likeness (QED) is 0.410. The highest BCUT2D eigenvalue weighted by Gasteiger charge is 2.10. The zero-order valence-corrected chi connectivity index (χ0v) is 15.7. The van der Waals surface area contributed by atoms with Crippen LogP contribution in [0.15, 0.2) is 36.5 Å². The van der Waals surface area contributed by atoms with Gasteiger partial charge in [0.1, 0.15) is 18.1 Å². The maximum absolute atomic E-state index is 11.6. The number of ether oxygens (including phenoxy) is 4. The molecule has 1 aromatic carbocycles. The van der Waals surface area contributed by atoms with Crippen molar-refractivity contribution < 1.29 is 23.7 Å². The second kappa shape index (κ2) is 10.2. The van der Waals surface area contributed by atoms with Crippen LogP contribution < -0.4 is 15.2 Å². The van der Waals surface area contributed by atoms with E-state index in [4.69, 9.17) is 24.7 Å². The molecule has 7 nitrogen and oxygen atoms in total. The van der Waals surface area contributed by atoms with Crippen LogP contribution in [0, 0.1) is 6.92 Å². The van der Waals surface area contributed by atoms with Gasteiger partial charge < -0.3 is 24.7 Å². The SMILES string of the molecule is CCOC(=O)C=Cc1ccc(OCCOC)cc1Oc1ncc(N)cc1C. The predicted octanol–water partition coefficient (Wildman–Crippen LogP) is 3.37. The Labute approximate surface area is 158 Å². The van der Waals surface area contributed by atoms with Crippen LogP contribution in [-0.2, 0) is 14.3 Å². The maximum atomic E-state index is 11.6. The number of pyridine rings is 1. The molecule has 7 heteroatoms. The molecule has 1 heterocycles. The molecule has 0 aliphatic heterocycles. The van der Waals surface area contributed by atoms with Gasteiger partial charge in [0.05, 0.1) is 25.1 Å². The fraction of sp³-hybridized carbons (Fsp3) is 0.300. The smallest absolute Gasteiger partial charge is 0.330 e. The predicted molar refractivity (Wildman–Crippen MR) is 103 cm³/mol. The zero-order valence-electron chi connectivity index (χ0n) is 15.7. The third-order valence-electron chi connectivity index (χ3n) is 3.48. The Morgan fingerprint density at radius 1 is 1.26 bits per heavy atom. The van der Waals surface area contributed by atoms with Crippen LogP contribution in [0.5, 0.6) is 17.4 Å². The Kier molecular flexibility index (Phi) is 7.63. The van der Waals surface area contributed by atoms with Crippen molar-refractivity contribution >= 4 is 17.7 Å². The average molecular weight is 372 g/mol. The van der Waals surface area contributed by atoms with Crippen LogP contribution in [0.3, 0.4) is 0 Å². The minimum atomic E-state index is -0.425. The van der Waals surface area contributed by atoms with Crippen LogP contribution in [0.25, 0.3) is 6.08 Å². The molecular formula is C20H24N2O5. The number of carbonyl (C=O) groups excluding carboxylic acids is 1. The number of hydrogen-bond acceptors (Lipinski definition) is 7. The second-order valence-electron chi connectivity index (χ2n) is 5.62. The fourth-order valence-corrected chi connectivity index (χ4v) is 2.22. The molecule has 2 N–H and O–H groups in total. The molecule has 0 amide bonds. The molecule has 0 unspecified atom stereocenters. The van der Waals surface area contributed by atoms with Crippen molar-refractivity contribution in [1.82, 2.24) is 4.98 Å². The molecule has 0 saturated carbocycles. The summed E-state index contributed by atoms with van der Waals surface area (Å²) in [6.07, 6.45) is 4.49. The number of methoxy groups -OCH3 is 1. The van der Waals surface area contributed by atoms with Gasteiger partial charge in [-0.2, -0.15) is 0 Å². The van der Waals surface area contributed by atoms with E-state index in [2.05, 4.69) is 4.98 Å². The molecule has 2 rings (SSSR count). The summed E-state index contributed by atoms with van der Waals surface area (Å²) in [4.78, 5) is 15.8. The number of hydrogen-bond donors (Lipinski definition) is 1. The molecule has 0 bridgehead atoms. The minimum Gasteiger partial charge on any atom is -0.491 e. The molecule has 144 valence electrons. The molecular weight excluding hydrogens is 348 g/mol. The zero-order chi connectivity index (χ0) is 19.6. The number of carbonyl (C=O) groups is 1. The molecule has 0 radical (unpaired) electrons. The standard InChI is InChI=1S/C20H24N2O5/c1-4-25-19(23)8-6-15-5-7-17(26-10-9-24-3)12-18(15)27-20-14(2)11-16(21)13-22-20/h5-8,11-13H,4,9-10,21H2,1-3H3. The molecule has 0 saturated heterocycles. The van der Waals surface area contributed by atoms with Crippen molar-refractivity contribution in [2.24, 2.45) is 0 Å². The van der Waals surface area contributed by atoms with E-state index in [9.17, 15) is 4.79 Å². The van der Waals surface area contributed by atoms with Gasteiger partial charge in [-0.1, -0.05) is 0 Å². The van der Waals surface area contributed by atoms with E-state index in [0.717, 1.165) is 5.56 Å². The number of anilines is 1. The Balaban J connectivity index is 2.30. The van der Waals surface area contributed by atoms with Crippen LogP contribution in [-0.4, -0.2) is 37.9 Å². The van der Waals surface area contributed by atoms with Crippen LogP contribution in [0.4, 0.5) is 5.69 Å². The second-order valence-corrected chi connectivity index (χ2v) is 5.62. The summed E-state index contributed by atoms with van der Waals surface area (Å²) in [5.41, 5.74) is 7.77. The first kappa shape index (κ1) is 20.3. The first-order chi connectivity index (χ1) is 13.0. The summed E-state index contributed by atoms with van der Waals surface area (Å²) < 4.78 is 21.5. The van der Waals surface area contributed by atoms with Gasteiger partial charge in [0.15, 0.2) is 0 Å². The molecule has 0 atom stereocenters. The number of aromatic nitrogens is 1. The van der Waals surface area contributed by atoms with E-state index < -0.39 is 5.97 Å². The first-order valence-corrected chi connectivity index (χ1v) is 8.54. The lowest BCUT2D eigenvalue weighted by atomic mass is 10.1. The van der Waals surface area contributed by atoms with E-state index in [0.29, 0.717) is 48.5 Å². The number of nitrogen functional groups attached to an aromatic ring is 1. The summed E-state index contributed by atoms with van der Waals surface area (Å²) in [5.74, 6) is 1.10. The first-order valence-electron chi connectivity index (χ1n) is 8.54. The fourth-order valence-electron chi connectivity index (χ4n) is 2.22. The van der Waals surface area contributed by atoms with Gasteiger partial charge in [-0.25, -0.2) is 9.78 Å². The van der Waals surface area contributed by atoms with E-state index in [1.165, 1.54) is 12.3 Å². The van der Waals surface area contributed by atoms with Crippen molar-refractivity contribution in [1.29, 1.82) is 0 Å². The van der Waals surface area contributed by atoms with Gasteiger partial charge in [0.25, 0.3) is 0 Å². The topological polar surface area (TPSA) is 92.9 Å². The van der Waals surface area contributed by atoms with Crippen molar-refractivity contribution in [2.45, 2.75) is 13.8 Å². The highest BCUT2D eigenvalue weighted by molar-refractivity contribution is 5.87. The molecule has 27 heavy (non-hydrogen) atoms. The van der Waals surface area contributed by atoms with Gasteiger partial charge in [-0.15, -0.1) is 0 Å². The number of esters is 1. The van der Waals surface area contributed by atoms with Crippen molar-refractivity contribution in [3.8, 4) is 17.4 Å². The van der Waals surface area contributed by atoms with Crippen molar-refractivity contribution in [2.75, 3.05) is 32.7 Å². The third kappa shape index (κ3) is 6.31. The number of benzene rings is 1. The lowest BCUT2D eigenvalue weighted by Crippen LogP contribution is -2.04. The highest BCUT2D eigenvalue weighted by atomic mass is 16.5. The Morgan fingerprint density at radius 3 is 2.78 bits per heavy atom. The van der Waals surface area contributed by atoms with Gasteiger partial charge in [-0.3, -0.25) is 0 Å². The Morgan fingerprint density at radius 2 is 2.07 bits per heavy atom. The Bertz CT molecular complexity index is 805. The monoisotopic (exact) mass is 372 g/mol. The highest BCUT2D eigenvalue weighted by Crippen LogP contribution is 2.31. The number of rotatable bonds is 9. The lowest BCUT2D eigenvalue weighted by Gasteiger charge is -2.13. The number of nitrogens with zero attached hydrogens (tertiary/aromatic N) is 1. The molecule has 0 aliphatic rings. The molecule has 0 fully saturated rings. The van der Waals surface area contributed by atoms with E-state index in [-0.39, 0.29) is 0 Å². The average Bonchev–Trinajstić information content (AvgIpc) is 2.64. The summed E-state index contributed by atoms with van der Waals surface area (Å²) in [6, 6.07) is 7.09. The Hall–Kier alpha value is -3.06. The van der Waals surface area contributed by atoms with E-state index >= 15 is 0 Å². The summed E-state index contributed by atoms with van der Waals surface area (Å²) in [6.45, 7) is 4.80. The van der Waals surface area contributed by atoms with Gasteiger partial charge in [0, 0.05) is 30.4 Å².